The van der Waals surface area contributed by atoms with Gasteiger partial charge in [-0.25, -0.2) is 4.79 Å². The Morgan fingerprint density at radius 1 is 1.00 bits per heavy atom. The third kappa shape index (κ3) is 5.47. The van der Waals surface area contributed by atoms with Gasteiger partial charge in [0.15, 0.2) is 5.78 Å². The summed E-state index contributed by atoms with van der Waals surface area (Å²) in [6.07, 6.45) is 5.91. The first-order valence-corrected chi connectivity index (χ1v) is 13.8. The molecule has 194 valence electrons. The van der Waals surface area contributed by atoms with Crippen LogP contribution in [0.1, 0.15) is 81.8 Å². The first-order chi connectivity index (χ1) is 17.9. The molecule has 0 unspecified atom stereocenters. The van der Waals surface area contributed by atoms with Crippen molar-refractivity contribution >= 4 is 23.4 Å². The predicted octanol–water partition coefficient (Wildman–Crippen LogP) is 6.98. The normalized spacial score (nSPS) is 22.1. The van der Waals surface area contributed by atoms with Crippen molar-refractivity contribution in [2.24, 2.45) is 0 Å². The lowest BCUT2D eigenvalue weighted by atomic mass is 9.71. The minimum atomic E-state index is -0.468. The topological polar surface area (TPSA) is 64.6 Å². The van der Waals surface area contributed by atoms with Crippen LogP contribution in [-0.4, -0.2) is 24.5 Å². The lowest BCUT2D eigenvalue weighted by Crippen LogP contribution is -2.36. The van der Waals surface area contributed by atoms with Gasteiger partial charge in [0.05, 0.1) is 12.2 Å². The van der Waals surface area contributed by atoms with Gasteiger partial charge in [0.2, 0.25) is 0 Å². The van der Waals surface area contributed by atoms with Crippen LogP contribution in [0.25, 0.3) is 0 Å². The summed E-state index contributed by atoms with van der Waals surface area (Å²) in [6, 6.07) is 15.5. The highest BCUT2D eigenvalue weighted by atomic mass is 35.5. The zero-order chi connectivity index (χ0) is 25.9. The minimum absolute atomic E-state index is 0.0509. The second kappa shape index (κ2) is 11.1. The molecule has 2 aliphatic carbocycles. The average molecular weight is 520 g/mol. The number of carbonyl (C=O) groups is 2. The number of esters is 1. The highest BCUT2D eigenvalue weighted by Gasteiger charge is 2.42. The van der Waals surface area contributed by atoms with Gasteiger partial charge >= 0.3 is 5.97 Å². The van der Waals surface area contributed by atoms with Gasteiger partial charge in [-0.1, -0.05) is 42.8 Å². The quantitative estimate of drug-likeness (QED) is 0.400. The van der Waals surface area contributed by atoms with Gasteiger partial charge < -0.3 is 14.8 Å². The number of ether oxygens (including phenoxy) is 2. The third-order valence-corrected chi connectivity index (χ3v) is 7.90. The van der Waals surface area contributed by atoms with Crippen LogP contribution in [-0.2, 0) is 14.3 Å². The zero-order valence-electron chi connectivity index (χ0n) is 21.5. The van der Waals surface area contributed by atoms with Crippen molar-refractivity contribution in [3.63, 3.8) is 0 Å². The standard InChI is InChI=1S/C31H34ClNO4/c1-3-16-36-24-14-10-21(11-15-24)29-28(31(35)37-25-6-4-5-7-25)19(2)33-26-17-22(18-27(34)30(26)29)20-8-12-23(32)13-9-20/h8-15,22,25,29,33H,3-7,16-18H2,1-2H3/t22-,29-/m1/s1. The van der Waals surface area contributed by atoms with Gasteiger partial charge in [0, 0.05) is 34.3 Å². The monoisotopic (exact) mass is 519 g/mol. The van der Waals surface area contributed by atoms with Gasteiger partial charge in [-0.3, -0.25) is 4.79 Å². The molecule has 0 amide bonds. The molecule has 1 aliphatic heterocycles. The summed E-state index contributed by atoms with van der Waals surface area (Å²) in [7, 11) is 0. The van der Waals surface area contributed by atoms with Crippen LogP contribution in [0.2, 0.25) is 5.02 Å². The van der Waals surface area contributed by atoms with Gasteiger partial charge in [-0.15, -0.1) is 0 Å². The summed E-state index contributed by atoms with van der Waals surface area (Å²) in [4.78, 5) is 27.3. The van der Waals surface area contributed by atoms with Gasteiger partial charge in [-0.2, -0.15) is 0 Å². The maximum Gasteiger partial charge on any atom is 0.337 e. The van der Waals surface area contributed by atoms with Crippen molar-refractivity contribution in [3.05, 3.63) is 87.2 Å². The molecule has 37 heavy (non-hydrogen) atoms. The molecule has 1 N–H and O–H groups in total. The van der Waals surface area contributed by atoms with Crippen molar-refractivity contribution in [3.8, 4) is 5.75 Å². The number of hydrogen-bond acceptors (Lipinski definition) is 5. The molecule has 1 fully saturated rings. The Balaban J connectivity index is 1.51. The number of ketones is 1. The van der Waals surface area contributed by atoms with Crippen LogP contribution in [0, 0.1) is 0 Å². The van der Waals surface area contributed by atoms with E-state index in [2.05, 4.69) is 12.2 Å². The number of allylic oxidation sites excluding steroid dienone is 3. The number of rotatable bonds is 7. The summed E-state index contributed by atoms with van der Waals surface area (Å²) in [5.74, 6) is 0.101. The van der Waals surface area contributed by atoms with E-state index in [0.29, 0.717) is 35.6 Å². The minimum Gasteiger partial charge on any atom is -0.494 e. The van der Waals surface area contributed by atoms with E-state index in [-0.39, 0.29) is 23.8 Å². The van der Waals surface area contributed by atoms with Crippen LogP contribution < -0.4 is 10.1 Å². The fraction of sp³-hybridized carbons (Fsp3) is 0.419. The Bertz CT molecular complexity index is 1220. The Morgan fingerprint density at radius 2 is 1.68 bits per heavy atom. The average Bonchev–Trinajstić information content (AvgIpc) is 3.40. The second-order valence-corrected chi connectivity index (χ2v) is 10.7. The van der Waals surface area contributed by atoms with Crippen LogP contribution >= 0.6 is 11.6 Å². The van der Waals surface area contributed by atoms with Gasteiger partial charge in [-0.05, 0) is 86.8 Å². The van der Waals surface area contributed by atoms with E-state index >= 15 is 0 Å². The van der Waals surface area contributed by atoms with Crippen molar-refractivity contribution in [1.29, 1.82) is 0 Å². The van der Waals surface area contributed by atoms with Crippen molar-refractivity contribution in [1.82, 2.24) is 5.32 Å². The summed E-state index contributed by atoms with van der Waals surface area (Å²) in [5.41, 5.74) is 4.84. The molecule has 6 heteroatoms. The lowest BCUT2D eigenvalue weighted by molar-refractivity contribution is -0.144. The van der Waals surface area contributed by atoms with E-state index in [1.54, 1.807) is 0 Å². The molecule has 0 aromatic heterocycles. The number of Topliss-reactive ketones (excluding diaryl/α,β-unsaturated/α-hetero) is 1. The number of carbonyl (C=O) groups excluding carboxylic acids is 2. The van der Waals surface area contributed by atoms with Crippen LogP contribution in [0.5, 0.6) is 5.75 Å². The molecule has 5 nitrogen and oxygen atoms in total. The summed E-state index contributed by atoms with van der Waals surface area (Å²) >= 11 is 6.09. The van der Waals surface area contributed by atoms with Gasteiger partial charge in [0.1, 0.15) is 11.9 Å². The maximum absolute atomic E-state index is 13.8. The molecular weight excluding hydrogens is 486 g/mol. The van der Waals surface area contributed by atoms with E-state index in [4.69, 9.17) is 21.1 Å². The van der Waals surface area contributed by atoms with Crippen molar-refractivity contribution in [2.45, 2.75) is 76.7 Å². The highest BCUT2D eigenvalue weighted by molar-refractivity contribution is 6.30. The number of benzene rings is 2. The summed E-state index contributed by atoms with van der Waals surface area (Å²) in [6.45, 7) is 4.63. The van der Waals surface area contributed by atoms with E-state index in [9.17, 15) is 9.59 Å². The number of nitrogens with one attached hydrogen (secondary N) is 1. The summed E-state index contributed by atoms with van der Waals surface area (Å²) in [5, 5.41) is 4.12. The van der Waals surface area contributed by atoms with E-state index < -0.39 is 5.92 Å². The molecule has 0 radical (unpaired) electrons. The fourth-order valence-electron chi connectivity index (χ4n) is 5.81. The van der Waals surface area contributed by atoms with E-state index in [1.807, 2.05) is 55.5 Å². The Morgan fingerprint density at radius 3 is 2.35 bits per heavy atom. The van der Waals surface area contributed by atoms with Crippen LogP contribution in [0.3, 0.4) is 0 Å². The van der Waals surface area contributed by atoms with Crippen molar-refractivity contribution < 1.29 is 19.1 Å². The molecular formula is C31H34ClNO4. The molecule has 3 aliphatic rings. The number of hydrogen-bond donors (Lipinski definition) is 1. The molecule has 2 aromatic carbocycles. The molecule has 2 atom stereocenters. The number of halogens is 1. The molecule has 1 saturated carbocycles. The van der Waals surface area contributed by atoms with Crippen LogP contribution in [0.4, 0.5) is 0 Å². The maximum atomic E-state index is 13.8. The van der Waals surface area contributed by atoms with Crippen molar-refractivity contribution in [2.75, 3.05) is 6.61 Å². The number of dihydropyridines is 1. The smallest absolute Gasteiger partial charge is 0.337 e. The van der Waals surface area contributed by atoms with Crippen LogP contribution in [0.15, 0.2) is 71.1 Å². The SMILES string of the molecule is CCCOc1ccc([C@@H]2C(C(=O)OC3CCCC3)=C(C)NC3=C2C(=O)C[C@H](c2ccc(Cl)cc2)C3)cc1. The molecule has 2 aromatic rings. The molecule has 1 heterocycles. The second-order valence-electron chi connectivity index (χ2n) is 10.3. The largest absolute Gasteiger partial charge is 0.494 e. The Labute approximate surface area is 223 Å². The molecule has 0 saturated heterocycles. The Hall–Kier alpha value is -3.05. The third-order valence-electron chi connectivity index (χ3n) is 7.65. The molecule has 0 spiro atoms. The van der Waals surface area contributed by atoms with E-state index in [0.717, 1.165) is 60.4 Å². The van der Waals surface area contributed by atoms with Gasteiger partial charge in [0.25, 0.3) is 0 Å². The lowest BCUT2D eigenvalue weighted by Gasteiger charge is -2.37. The fourth-order valence-corrected chi connectivity index (χ4v) is 5.94. The van der Waals surface area contributed by atoms with E-state index in [1.165, 1.54) is 0 Å². The molecule has 0 bridgehead atoms. The first-order valence-electron chi connectivity index (χ1n) is 13.4. The highest BCUT2D eigenvalue weighted by Crippen LogP contribution is 2.46. The molecule has 5 rings (SSSR count). The summed E-state index contributed by atoms with van der Waals surface area (Å²) < 4.78 is 11.7. The zero-order valence-corrected chi connectivity index (χ0v) is 22.3. The predicted molar refractivity (Wildman–Crippen MR) is 145 cm³/mol. The first kappa shape index (κ1) is 25.6. The Kier molecular flexibility index (Phi) is 7.71.